The van der Waals surface area contributed by atoms with Gasteiger partial charge in [-0.2, -0.15) is 0 Å². The van der Waals surface area contributed by atoms with Crippen molar-refractivity contribution in [1.82, 2.24) is 0 Å². The zero-order valence-corrected chi connectivity index (χ0v) is 9.71. The molecule has 0 unspecified atom stereocenters. The molecule has 1 saturated carbocycles. The lowest BCUT2D eigenvalue weighted by atomic mass is 9.67. The summed E-state index contributed by atoms with van der Waals surface area (Å²) in [4.78, 5) is 11.4. The Bertz CT molecular complexity index is 222. The van der Waals surface area contributed by atoms with Gasteiger partial charge in [0, 0.05) is 0 Å². The zero-order valence-electron chi connectivity index (χ0n) is 9.71. The lowest BCUT2D eigenvalue weighted by Crippen LogP contribution is -2.48. The second kappa shape index (κ2) is 4.01. The minimum atomic E-state index is -1.05. The van der Waals surface area contributed by atoms with E-state index >= 15 is 0 Å². The van der Waals surface area contributed by atoms with E-state index in [1.54, 1.807) is 0 Å². The first-order chi connectivity index (χ1) is 6.38. The summed E-state index contributed by atoms with van der Waals surface area (Å²) < 4.78 is 0. The molecular weight excluding hydrogens is 176 g/mol. The maximum atomic E-state index is 11.4. The van der Waals surface area contributed by atoms with Gasteiger partial charge in [-0.3, -0.25) is 4.79 Å². The Morgan fingerprint density at radius 2 is 2.00 bits per heavy atom. The van der Waals surface area contributed by atoms with Crippen LogP contribution in [-0.4, -0.2) is 16.5 Å². The molecule has 0 aromatic carbocycles. The molecule has 82 valence electrons. The molecule has 0 aromatic rings. The second-order valence-corrected chi connectivity index (χ2v) is 5.17. The van der Waals surface area contributed by atoms with E-state index in [1.165, 1.54) is 6.92 Å². The molecule has 0 aliphatic heterocycles. The van der Waals surface area contributed by atoms with E-state index in [4.69, 9.17) is 0 Å². The van der Waals surface area contributed by atoms with E-state index in [0.717, 1.165) is 12.8 Å². The quantitative estimate of drug-likeness (QED) is 0.739. The molecule has 0 spiro atoms. The summed E-state index contributed by atoms with van der Waals surface area (Å²) in [6, 6.07) is 0. The van der Waals surface area contributed by atoms with Crippen LogP contribution in [0.3, 0.4) is 0 Å². The maximum absolute atomic E-state index is 11.4. The molecule has 1 N–H and O–H groups in total. The van der Waals surface area contributed by atoms with E-state index in [0.29, 0.717) is 18.3 Å². The highest BCUT2D eigenvalue weighted by Crippen LogP contribution is 2.40. The molecule has 3 atom stereocenters. The molecule has 0 saturated heterocycles. The van der Waals surface area contributed by atoms with Crippen LogP contribution >= 0.6 is 0 Å². The molecule has 0 radical (unpaired) electrons. The molecule has 1 fully saturated rings. The van der Waals surface area contributed by atoms with Gasteiger partial charge in [-0.1, -0.05) is 20.8 Å². The van der Waals surface area contributed by atoms with Crippen molar-refractivity contribution in [3.63, 3.8) is 0 Å². The molecule has 1 aliphatic rings. The smallest absolute Gasteiger partial charge is 0.161 e. The number of Topliss-reactive ketones (excluding diaryl/α,β-unsaturated/α-hetero) is 1. The fourth-order valence-electron chi connectivity index (χ4n) is 2.47. The van der Waals surface area contributed by atoms with Crippen LogP contribution in [0.4, 0.5) is 0 Å². The number of aliphatic hydroxyl groups is 1. The highest BCUT2D eigenvalue weighted by molar-refractivity contribution is 5.85. The third-order valence-corrected chi connectivity index (χ3v) is 3.91. The summed E-state index contributed by atoms with van der Waals surface area (Å²) in [5.41, 5.74) is -1.05. The Kier molecular flexibility index (Phi) is 3.36. The van der Waals surface area contributed by atoms with Crippen molar-refractivity contribution < 1.29 is 9.90 Å². The average Bonchev–Trinajstić information content (AvgIpc) is 2.09. The maximum Gasteiger partial charge on any atom is 0.161 e. The third-order valence-electron chi connectivity index (χ3n) is 3.91. The van der Waals surface area contributed by atoms with Crippen molar-refractivity contribution in [3.05, 3.63) is 0 Å². The highest BCUT2D eigenvalue weighted by Gasteiger charge is 2.44. The number of carbonyl (C=O) groups is 1. The van der Waals surface area contributed by atoms with E-state index in [9.17, 15) is 9.90 Å². The van der Waals surface area contributed by atoms with Gasteiger partial charge in [0.2, 0.25) is 0 Å². The second-order valence-electron chi connectivity index (χ2n) is 5.17. The molecule has 2 nitrogen and oxygen atoms in total. The summed E-state index contributed by atoms with van der Waals surface area (Å²) in [5, 5.41) is 10.3. The minimum Gasteiger partial charge on any atom is -0.382 e. The van der Waals surface area contributed by atoms with Crippen molar-refractivity contribution in [1.29, 1.82) is 0 Å². The van der Waals surface area contributed by atoms with Crippen LogP contribution < -0.4 is 0 Å². The van der Waals surface area contributed by atoms with Crippen LogP contribution in [0.1, 0.15) is 47.0 Å². The molecular formula is C12H22O2. The van der Waals surface area contributed by atoms with Crippen LogP contribution in [0.15, 0.2) is 0 Å². The first-order valence-corrected chi connectivity index (χ1v) is 5.61. The van der Waals surface area contributed by atoms with Crippen LogP contribution in [0.5, 0.6) is 0 Å². The largest absolute Gasteiger partial charge is 0.382 e. The van der Waals surface area contributed by atoms with Gasteiger partial charge in [-0.05, 0) is 43.9 Å². The van der Waals surface area contributed by atoms with E-state index < -0.39 is 5.60 Å². The Morgan fingerprint density at radius 3 is 2.43 bits per heavy atom. The summed E-state index contributed by atoms with van der Waals surface area (Å²) in [5.74, 6) is 1.12. The van der Waals surface area contributed by atoms with Crippen molar-refractivity contribution in [2.45, 2.75) is 52.6 Å². The Hall–Kier alpha value is -0.370. The van der Waals surface area contributed by atoms with E-state index in [-0.39, 0.29) is 11.7 Å². The molecule has 0 amide bonds. The fraction of sp³-hybridized carbons (Fsp3) is 0.917. The van der Waals surface area contributed by atoms with Crippen LogP contribution in [0.25, 0.3) is 0 Å². The van der Waals surface area contributed by atoms with Gasteiger partial charge in [0.1, 0.15) is 5.60 Å². The lowest BCUT2D eigenvalue weighted by Gasteiger charge is -2.41. The topological polar surface area (TPSA) is 37.3 Å². The molecule has 0 aromatic heterocycles. The van der Waals surface area contributed by atoms with Gasteiger partial charge in [-0.25, -0.2) is 0 Å². The van der Waals surface area contributed by atoms with Gasteiger partial charge in [0.15, 0.2) is 5.78 Å². The normalized spacial score (nSPS) is 38.7. The summed E-state index contributed by atoms with van der Waals surface area (Å²) in [6.07, 6.45) is 2.77. The Morgan fingerprint density at radius 1 is 1.43 bits per heavy atom. The Balaban J connectivity index is 2.78. The molecule has 14 heavy (non-hydrogen) atoms. The van der Waals surface area contributed by atoms with Crippen LogP contribution in [0, 0.1) is 17.8 Å². The number of hydrogen-bond acceptors (Lipinski definition) is 2. The summed E-state index contributed by atoms with van der Waals surface area (Å²) in [7, 11) is 0. The fourth-order valence-corrected chi connectivity index (χ4v) is 2.47. The number of rotatable bonds is 2. The van der Waals surface area contributed by atoms with Gasteiger partial charge < -0.3 is 5.11 Å². The lowest BCUT2D eigenvalue weighted by molar-refractivity contribution is -0.147. The first kappa shape index (κ1) is 11.7. The van der Waals surface area contributed by atoms with Gasteiger partial charge in [0.25, 0.3) is 0 Å². The van der Waals surface area contributed by atoms with Crippen LogP contribution in [-0.2, 0) is 4.79 Å². The molecule has 1 aliphatic carbocycles. The van der Waals surface area contributed by atoms with Crippen molar-refractivity contribution >= 4 is 5.78 Å². The predicted octanol–water partition coefficient (Wildman–Crippen LogP) is 2.40. The monoisotopic (exact) mass is 198 g/mol. The molecule has 0 bridgehead atoms. The number of ketones is 1. The molecule has 2 heteroatoms. The highest BCUT2D eigenvalue weighted by atomic mass is 16.3. The van der Waals surface area contributed by atoms with Crippen molar-refractivity contribution in [2.24, 2.45) is 17.8 Å². The predicted molar refractivity (Wildman–Crippen MR) is 57.0 cm³/mol. The van der Waals surface area contributed by atoms with Gasteiger partial charge in [0.05, 0.1) is 0 Å². The first-order valence-electron chi connectivity index (χ1n) is 5.61. The summed E-state index contributed by atoms with van der Waals surface area (Å²) in [6.45, 7) is 7.83. The zero-order chi connectivity index (χ0) is 10.9. The van der Waals surface area contributed by atoms with Gasteiger partial charge in [-0.15, -0.1) is 0 Å². The van der Waals surface area contributed by atoms with Crippen LogP contribution in [0.2, 0.25) is 0 Å². The van der Waals surface area contributed by atoms with E-state index in [2.05, 4.69) is 13.8 Å². The van der Waals surface area contributed by atoms with Crippen molar-refractivity contribution in [2.75, 3.05) is 0 Å². The van der Waals surface area contributed by atoms with E-state index in [1.807, 2.05) is 6.92 Å². The molecule has 0 heterocycles. The average molecular weight is 198 g/mol. The number of hydrogen-bond donors (Lipinski definition) is 1. The van der Waals surface area contributed by atoms with Gasteiger partial charge >= 0.3 is 0 Å². The standard InChI is InChI=1S/C12H22O2/c1-8(2)11-6-5-9(3)12(14,7-11)10(4)13/h8-9,11,14H,5-7H2,1-4H3/t9-,11-,12+/m0/s1. The summed E-state index contributed by atoms with van der Waals surface area (Å²) >= 11 is 0. The third kappa shape index (κ3) is 2.00. The molecule has 1 rings (SSSR count). The van der Waals surface area contributed by atoms with Crippen molar-refractivity contribution in [3.8, 4) is 0 Å². The number of carbonyl (C=O) groups excluding carboxylic acids is 1. The SMILES string of the molecule is CC(=O)[C@@]1(O)C[C@@H](C(C)C)CC[C@@H]1C. The Labute approximate surface area is 86.7 Å². The minimum absolute atomic E-state index is 0.0599.